The van der Waals surface area contributed by atoms with Crippen molar-refractivity contribution in [2.75, 3.05) is 26.4 Å². The summed E-state index contributed by atoms with van der Waals surface area (Å²) in [7, 11) is 0. The highest BCUT2D eigenvalue weighted by molar-refractivity contribution is 5.87. The van der Waals surface area contributed by atoms with Gasteiger partial charge >= 0.3 is 11.9 Å². The summed E-state index contributed by atoms with van der Waals surface area (Å²) in [5.74, 6) is -1.76. The van der Waals surface area contributed by atoms with Gasteiger partial charge in [0, 0.05) is 0 Å². The predicted octanol–water partition coefficient (Wildman–Crippen LogP) is 3.34. The van der Waals surface area contributed by atoms with Crippen molar-refractivity contribution >= 4 is 11.9 Å². The average molecular weight is 495 g/mol. The quantitative estimate of drug-likeness (QED) is 0.349. The largest absolute Gasteiger partial charge is 0.478 e. The molecule has 0 amide bonds. The van der Waals surface area contributed by atoms with Crippen molar-refractivity contribution in [3.63, 3.8) is 0 Å². The fourth-order valence-electron chi connectivity index (χ4n) is 2.21. The van der Waals surface area contributed by atoms with Crippen LogP contribution in [0, 0.1) is 0 Å². The molecule has 2 aromatic rings. The number of carboxylic acids is 2. The Morgan fingerprint density at radius 1 is 0.657 bits per heavy atom. The summed E-state index contributed by atoms with van der Waals surface area (Å²) in [6, 6.07) is 16.6. The van der Waals surface area contributed by atoms with Gasteiger partial charge in [0.15, 0.2) is 0 Å². The smallest absolute Gasteiger partial charge is 0.335 e. The number of hydrogen-bond donors (Lipinski definition) is 4. The van der Waals surface area contributed by atoms with Crippen LogP contribution in [0.3, 0.4) is 0 Å². The second kappa shape index (κ2) is 19.5. The van der Waals surface area contributed by atoms with E-state index >= 15 is 0 Å². The lowest BCUT2D eigenvalue weighted by molar-refractivity contribution is -0.0825. The highest BCUT2D eigenvalue weighted by Gasteiger charge is 2.10. The standard InChI is InChI=1S/C12H26O5.2C7H6O2/c1-9(14)6-15-11(3)8-17-12(4)7-16-10(2)5-13;2*8-7(9)6-4-2-1-3-5-6/h9-14H,5-8H2,1-4H3;2*1-5H,(H,8,9). The van der Waals surface area contributed by atoms with Gasteiger partial charge in [-0.2, -0.15) is 0 Å². The van der Waals surface area contributed by atoms with Crippen LogP contribution < -0.4 is 0 Å². The number of ether oxygens (including phenoxy) is 3. The molecule has 0 aromatic heterocycles. The van der Waals surface area contributed by atoms with E-state index in [0.29, 0.717) is 30.9 Å². The zero-order valence-electron chi connectivity index (χ0n) is 20.7. The van der Waals surface area contributed by atoms with E-state index in [2.05, 4.69) is 0 Å². The first-order chi connectivity index (χ1) is 16.6. The summed E-state index contributed by atoms with van der Waals surface area (Å²) in [5, 5.41) is 34.6. The number of aliphatic hydroxyl groups is 2. The van der Waals surface area contributed by atoms with E-state index < -0.39 is 18.0 Å². The summed E-state index contributed by atoms with van der Waals surface area (Å²) >= 11 is 0. The molecule has 9 heteroatoms. The minimum absolute atomic E-state index is 0.0145. The third kappa shape index (κ3) is 18.2. The van der Waals surface area contributed by atoms with Crippen molar-refractivity contribution in [2.45, 2.75) is 52.1 Å². The Morgan fingerprint density at radius 2 is 1.00 bits per heavy atom. The predicted molar refractivity (Wildman–Crippen MR) is 132 cm³/mol. The molecule has 0 spiro atoms. The van der Waals surface area contributed by atoms with Gasteiger partial charge in [0.05, 0.1) is 62.0 Å². The van der Waals surface area contributed by atoms with Crippen molar-refractivity contribution in [3.05, 3.63) is 71.8 Å². The van der Waals surface area contributed by atoms with E-state index in [9.17, 15) is 9.59 Å². The molecular formula is C26H38O9. The highest BCUT2D eigenvalue weighted by Crippen LogP contribution is 2.00. The fourth-order valence-corrected chi connectivity index (χ4v) is 2.21. The van der Waals surface area contributed by atoms with E-state index in [-0.39, 0.29) is 24.9 Å². The van der Waals surface area contributed by atoms with Gasteiger partial charge in [0.2, 0.25) is 0 Å². The summed E-state index contributed by atoms with van der Waals surface area (Å²) in [6.07, 6.45) is -0.711. The molecule has 0 aliphatic heterocycles. The molecule has 0 heterocycles. The summed E-state index contributed by atoms with van der Waals surface area (Å²) in [6.45, 7) is 8.53. The van der Waals surface area contributed by atoms with Crippen LogP contribution in [-0.4, -0.2) is 83.2 Å². The van der Waals surface area contributed by atoms with Crippen LogP contribution in [0.25, 0.3) is 0 Å². The second-order valence-electron chi connectivity index (χ2n) is 7.81. The van der Waals surface area contributed by atoms with Gasteiger partial charge in [-0.3, -0.25) is 0 Å². The van der Waals surface area contributed by atoms with Crippen LogP contribution in [-0.2, 0) is 14.2 Å². The number of rotatable bonds is 12. The maximum absolute atomic E-state index is 10.2. The first-order valence-electron chi connectivity index (χ1n) is 11.3. The summed E-state index contributed by atoms with van der Waals surface area (Å²) in [4.78, 5) is 20.4. The number of hydrogen-bond acceptors (Lipinski definition) is 7. The fraction of sp³-hybridized carbons (Fsp3) is 0.462. The lowest BCUT2D eigenvalue weighted by atomic mass is 10.2. The maximum Gasteiger partial charge on any atom is 0.335 e. The molecule has 196 valence electrons. The minimum Gasteiger partial charge on any atom is -0.478 e. The molecule has 0 aliphatic carbocycles. The molecule has 35 heavy (non-hydrogen) atoms. The van der Waals surface area contributed by atoms with Gasteiger partial charge in [-0.25, -0.2) is 9.59 Å². The van der Waals surface area contributed by atoms with E-state index in [4.69, 9.17) is 34.6 Å². The molecule has 4 atom stereocenters. The zero-order valence-corrected chi connectivity index (χ0v) is 20.7. The Kier molecular flexibility index (Phi) is 17.9. The van der Waals surface area contributed by atoms with E-state index in [1.807, 2.05) is 13.8 Å². The minimum atomic E-state index is -0.879. The van der Waals surface area contributed by atoms with Gasteiger partial charge in [-0.05, 0) is 52.0 Å². The molecular weight excluding hydrogens is 456 g/mol. The lowest BCUT2D eigenvalue weighted by Gasteiger charge is -2.19. The monoisotopic (exact) mass is 494 g/mol. The van der Waals surface area contributed by atoms with Crippen LogP contribution in [0.2, 0.25) is 0 Å². The molecule has 2 aromatic carbocycles. The van der Waals surface area contributed by atoms with Crippen molar-refractivity contribution < 1.29 is 44.2 Å². The van der Waals surface area contributed by atoms with E-state index in [0.717, 1.165) is 0 Å². The summed E-state index contributed by atoms with van der Waals surface area (Å²) < 4.78 is 16.2. The molecule has 2 rings (SSSR count). The SMILES string of the molecule is CC(O)COC(C)COC(C)COC(C)CO.O=C(O)c1ccccc1.O=C(O)c1ccccc1. The second-order valence-corrected chi connectivity index (χ2v) is 7.81. The molecule has 4 N–H and O–H groups in total. The van der Waals surface area contributed by atoms with Crippen LogP contribution in [0.1, 0.15) is 48.4 Å². The molecule has 0 fully saturated rings. The Bertz CT molecular complexity index is 747. The first kappa shape index (κ1) is 32.2. The van der Waals surface area contributed by atoms with E-state index in [1.54, 1.807) is 74.5 Å². The zero-order chi connectivity index (χ0) is 26.6. The van der Waals surface area contributed by atoms with Crippen LogP contribution in [0.5, 0.6) is 0 Å². The summed E-state index contributed by atoms with van der Waals surface area (Å²) in [5.41, 5.74) is 0.662. The third-order valence-corrected chi connectivity index (χ3v) is 4.15. The van der Waals surface area contributed by atoms with Gasteiger partial charge in [-0.15, -0.1) is 0 Å². The molecule has 0 bridgehead atoms. The Hall–Kier alpha value is -2.82. The maximum atomic E-state index is 10.2. The number of aliphatic hydroxyl groups excluding tert-OH is 2. The van der Waals surface area contributed by atoms with Crippen LogP contribution in [0.15, 0.2) is 60.7 Å². The van der Waals surface area contributed by atoms with Crippen molar-refractivity contribution in [1.82, 2.24) is 0 Å². The van der Waals surface area contributed by atoms with Crippen molar-refractivity contribution in [3.8, 4) is 0 Å². The molecule has 0 saturated heterocycles. The Morgan fingerprint density at radius 3 is 1.29 bits per heavy atom. The molecule has 0 aliphatic rings. The van der Waals surface area contributed by atoms with Gasteiger partial charge in [0.1, 0.15) is 0 Å². The van der Waals surface area contributed by atoms with Gasteiger partial charge in [0.25, 0.3) is 0 Å². The molecule has 0 saturated carbocycles. The highest BCUT2D eigenvalue weighted by atomic mass is 16.6. The topological polar surface area (TPSA) is 143 Å². The van der Waals surface area contributed by atoms with Crippen LogP contribution in [0.4, 0.5) is 0 Å². The normalized spacial score (nSPS) is 13.7. The molecule has 4 unspecified atom stereocenters. The third-order valence-electron chi connectivity index (χ3n) is 4.15. The number of carboxylic acid groups (broad SMARTS) is 2. The van der Waals surface area contributed by atoms with Crippen molar-refractivity contribution in [1.29, 1.82) is 0 Å². The Labute approximate surface area is 206 Å². The van der Waals surface area contributed by atoms with Crippen LogP contribution >= 0.6 is 0 Å². The average Bonchev–Trinajstić information content (AvgIpc) is 2.86. The molecule has 9 nitrogen and oxygen atoms in total. The van der Waals surface area contributed by atoms with E-state index in [1.165, 1.54) is 0 Å². The lowest BCUT2D eigenvalue weighted by Crippen LogP contribution is -2.27. The number of aromatic carboxylic acids is 2. The van der Waals surface area contributed by atoms with Gasteiger partial charge < -0.3 is 34.6 Å². The number of carbonyl (C=O) groups is 2. The van der Waals surface area contributed by atoms with Crippen molar-refractivity contribution in [2.24, 2.45) is 0 Å². The first-order valence-corrected chi connectivity index (χ1v) is 11.3. The number of benzene rings is 2. The van der Waals surface area contributed by atoms with Gasteiger partial charge in [-0.1, -0.05) is 36.4 Å². The molecule has 0 radical (unpaired) electrons. The Balaban J connectivity index is 0.000000538.